The van der Waals surface area contributed by atoms with Crippen LogP contribution in [0.25, 0.3) is 0 Å². The lowest BCUT2D eigenvalue weighted by Gasteiger charge is -2.25. The van der Waals surface area contributed by atoms with Crippen molar-refractivity contribution in [3.8, 4) is 0 Å². The number of hydrazine groups is 1. The number of alkyl halides is 3. The van der Waals surface area contributed by atoms with Gasteiger partial charge in [-0.05, 0) is 36.4 Å². The maximum atomic E-state index is 12.7. The average Bonchev–Trinajstić information content (AvgIpc) is 3.07. The number of hydrazone groups is 1. The van der Waals surface area contributed by atoms with Crippen molar-refractivity contribution in [3.05, 3.63) is 59.7 Å². The van der Waals surface area contributed by atoms with E-state index in [1.54, 1.807) is 24.3 Å². The molecular weight excluding hydrogens is 387 g/mol. The molecule has 0 spiro atoms. The number of nitrogens with one attached hydrogen (secondary N) is 1. The van der Waals surface area contributed by atoms with Gasteiger partial charge in [0.1, 0.15) is 5.60 Å². The molecule has 3 rings (SSSR count). The fourth-order valence-electron chi connectivity index (χ4n) is 2.96. The minimum atomic E-state index is -4.40. The molecule has 1 saturated heterocycles. The summed E-state index contributed by atoms with van der Waals surface area (Å²) in [6.07, 6.45) is -3.95. The van der Waals surface area contributed by atoms with E-state index in [2.05, 4.69) is 10.4 Å². The smallest absolute Gasteiger partial charge is 0.385 e. The number of aliphatic hydroxyl groups is 1. The zero-order valence-corrected chi connectivity index (χ0v) is 15.5. The Morgan fingerprint density at radius 2 is 1.90 bits per heavy atom. The summed E-state index contributed by atoms with van der Waals surface area (Å²) in [4.78, 5) is 0. The van der Waals surface area contributed by atoms with E-state index in [-0.39, 0.29) is 19.0 Å². The molecule has 1 unspecified atom stereocenters. The standard InChI is InChI=1S/C19H22F3N5O2/c20-19(21,22)13-5-7-14(8-6-13)25-16-4-2-1-3-15(16)17(23)26-27(24)11-18(28)9-10-29-12-18/h1-8,25,28H,9-12,24H2,(H2,23,26). The van der Waals surface area contributed by atoms with Crippen LogP contribution in [-0.2, 0) is 10.9 Å². The van der Waals surface area contributed by atoms with E-state index < -0.39 is 17.3 Å². The van der Waals surface area contributed by atoms with Crippen LogP contribution < -0.4 is 16.9 Å². The summed E-state index contributed by atoms with van der Waals surface area (Å²) < 4.78 is 43.3. The van der Waals surface area contributed by atoms with Gasteiger partial charge in [-0.2, -0.15) is 13.2 Å². The van der Waals surface area contributed by atoms with Gasteiger partial charge in [-0.3, -0.25) is 0 Å². The quantitative estimate of drug-likeness (QED) is 0.253. The second-order valence-electron chi connectivity index (χ2n) is 6.86. The van der Waals surface area contributed by atoms with Crippen LogP contribution in [0.1, 0.15) is 17.5 Å². The monoisotopic (exact) mass is 409 g/mol. The zero-order chi connectivity index (χ0) is 21.1. The summed E-state index contributed by atoms with van der Waals surface area (Å²) in [6, 6.07) is 11.6. The van der Waals surface area contributed by atoms with E-state index in [0.717, 1.165) is 17.3 Å². The van der Waals surface area contributed by atoms with E-state index in [1.807, 2.05) is 0 Å². The second-order valence-corrected chi connectivity index (χ2v) is 6.86. The first kappa shape index (κ1) is 20.9. The van der Waals surface area contributed by atoms with Crippen molar-refractivity contribution in [2.75, 3.05) is 25.1 Å². The van der Waals surface area contributed by atoms with E-state index in [9.17, 15) is 18.3 Å². The summed E-state index contributed by atoms with van der Waals surface area (Å²) in [7, 11) is 0. The summed E-state index contributed by atoms with van der Waals surface area (Å²) in [5, 5.41) is 18.5. The lowest BCUT2D eigenvalue weighted by molar-refractivity contribution is -0.137. The topological polar surface area (TPSA) is 109 Å². The number of ether oxygens (including phenoxy) is 1. The number of para-hydroxylation sites is 1. The molecule has 0 bridgehead atoms. The van der Waals surface area contributed by atoms with Gasteiger partial charge in [0.15, 0.2) is 5.84 Å². The van der Waals surface area contributed by atoms with E-state index in [1.165, 1.54) is 12.1 Å². The van der Waals surface area contributed by atoms with Crippen LogP contribution in [0.5, 0.6) is 0 Å². The van der Waals surface area contributed by atoms with Crippen molar-refractivity contribution in [2.45, 2.75) is 18.2 Å². The molecule has 0 aromatic heterocycles. The Kier molecular flexibility index (Phi) is 5.96. The van der Waals surface area contributed by atoms with Crippen LogP contribution >= 0.6 is 0 Å². The molecule has 1 aliphatic heterocycles. The van der Waals surface area contributed by atoms with Gasteiger partial charge in [0, 0.05) is 30.0 Å². The minimum absolute atomic E-state index is 0.0438. The highest BCUT2D eigenvalue weighted by molar-refractivity contribution is 6.02. The van der Waals surface area contributed by atoms with Crippen molar-refractivity contribution in [1.29, 1.82) is 0 Å². The van der Waals surface area contributed by atoms with E-state index >= 15 is 0 Å². The van der Waals surface area contributed by atoms with Gasteiger partial charge in [-0.1, -0.05) is 12.1 Å². The van der Waals surface area contributed by atoms with Gasteiger partial charge in [0.2, 0.25) is 0 Å². The molecule has 0 amide bonds. The van der Waals surface area contributed by atoms with Gasteiger partial charge < -0.3 is 20.9 Å². The molecule has 10 heteroatoms. The minimum Gasteiger partial charge on any atom is -0.385 e. The molecule has 2 aromatic rings. The predicted molar refractivity (Wildman–Crippen MR) is 103 cm³/mol. The fourth-order valence-corrected chi connectivity index (χ4v) is 2.96. The molecule has 0 saturated carbocycles. The molecule has 7 nitrogen and oxygen atoms in total. The summed E-state index contributed by atoms with van der Waals surface area (Å²) >= 11 is 0. The highest BCUT2D eigenvalue weighted by Gasteiger charge is 2.34. The Balaban J connectivity index is 1.75. The molecule has 1 atom stereocenters. The maximum absolute atomic E-state index is 12.7. The molecule has 0 aliphatic carbocycles. The third-order valence-electron chi connectivity index (χ3n) is 4.47. The molecule has 1 fully saturated rings. The Morgan fingerprint density at radius 1 is 1.21 bits per heavy atom. The lowest BCUT2D eigenvalue weighted by Crippen LogP contribution is -2.45. The highest BCUT2D eigenvalue weighted by Crippen LogP contribution is 2.30. The van der Waals surface area contributed by atoms with Gasteiger partial charge in [-0.25, -0.2) is 11.0 Å². The molecule has 2 aromatic carbocycles. The van der Waals surface area contributed by atoms with Crippen LogP contribution in [0, 0.1) is 0 Å². The first-order valence-corrected chi connectivity index (χ1v) is 8.86. The Bertz CT molecular complexity index is 865. The number of hydrogen-bond acceptors (Lipinski definition) is 6. The molecule has 0 radical (unpaired) electrons. The molecular formula is C19H22F3N5O2. The Labute approximate surface area is 165 Å². The Hall–Kier alpha value is -2.82. The predicted octanol–water partition coefficient (Wildman–Crippen LogP) is 2.40. The van der Waals surface area contributed by atoms with Crippen LogP contribution in [-0.4, -0.2) is 41.4 Å². The zero-order valence-electron chi connectivity index (χ0n) is 15.5. The average molecular weight is 409 g/mol. The first-order valence-electron chi connectivity index (χ1n) is 8.86. The summed E-state index contributed by atoms with van der Waals surface area (Å²) in [5.41, 5.74) is 5.77. The maximum Gasteiger partial charge on any atom is 0.416 e. The Morgan fingerprint density at radius 3 is 2.52 bits per heavy atom. The van der Waals surface area contributed by atoms with E-state index in [0.29, 0.717) is 30.0 Å². The number of hydrogen-bond donors (Lipinski definition) is 4. The summed E-state index contributed by atoms with van der Waals surface area (Å²) in [5.74, 6) is 5.95. The number of amidine groups is 1. The van der Waals surface area contributed by atoms with Crippen LogP contribution in [0.4, 0.5) is 24.5 Å². The number of nitrogens with zero attached hydrogens (tertiary/aromatic N) is 2. The molecule has 156 valence electrons. The van der Waals surface area contributed by atoms with Crippen molar-refractivity contribution in [1.82, 2.24) is 5.12 Å². The number of halogens is 3. The van der Waals surface area contributed by atoms with Crippen LogP contribution in [0.15, 0.2) is 53.6 Å². The lowest BCUT2D eigenvalue weighted by atomic mass is 10.0. The normalized spacial score (nSPS) is 20.0. The molecule has 6 N–H and O–H groups in total. The number of nitrogens with two attached hydrogens (primary N) is 2. The first-order chi connectivity index (χ1) is 13.7. The highest BCUT2D eigenvalue weighted by atomic mass is 19.4. The second kappa shape index (κ2) is 8.27. The molecule has 1 aliphatic rings. The molecule has 29 heavy (non-hydrogen) atoms. The van der Waals surface area contributed by atoms with Gasteiger partial charge in [-0.15, -0.1) is 5.10 Å². The number of anilines is 2. The van der Waals surface area contributed by atoms with Crippen LogP contribution in [0.3, 0.4) is 0 Å². The van der Waals surface area contributed by atoms with Gasteiger partial charge >= 0.3 is 6.18 Å². The number of rotatable bonds is 6. The SMILES string of the molecule is N/C(=N\N(N)CC1(O)CCOC1)c1ccccc1Nc1ccc(C(F)(F)F)cc1. The van der Waals surface area contributed by atoms with Crippen molar-refractivity contribution >= 4 is 17.2 Å². The van der Waals surface area contributed by atoms with Crippen molar-refractivity contribution < 1.29 is 23.0 Å². The van der Waals surface area contributed by atoms with Gasteiger partial charge in [0.05, 0.1) is 18.7 Å². The molecule has 1 heterocycles. The third kappa shape index (κ3) is 5.37. The van der Waals surface area contributed by atoms with E-state index in [4.69, 9.17) is 16.3 Å². The fraction of sp³-hybridized carbons (Fsp3) is 0.316. The van der Waals surface area contributed by atoms with Crippen molar-refractivity contribution in [3.63, 3.8) is 0 Å². The number of benzene rings is 2. The third-order valence-corrected chi connectivity index (χ3v) is 4.47. The largest absolute Gasteiger partial charge is 0.416 e. The summed E-state index contributed by atoms with van der Waals surface area (Å²) in [6.45, 7) is 0.661. The van der Waals surface area contributed by atoms with Crippen molar-refractivity contribution in [2.24, 2.45) is 16.7 Å². The van der Waals surface area contributed by atoms with Crippen LogP contribution in [0.2, 0.25) is 0 Å². The van der Waals surface area contributed by atoms with Gasteiger partial charge in [0.25, 0.3) is 0 Å².